The Hall–Kier alpha value is -2.11. The van der Waals surface area contributed by atoms with Crippen molar-refractivity contribution in [2.45, 2.75) is 64.8 Å². The van der Waals surface area contributed by atoms with Gasteiger partial charge >= 0.3 is 11.8 Å². The zero-order valence-corrected chi connectivity index (χ0v) is 15.8. The van der Waals surface area contributed by atoms with Crippen LogP contribution >= 0.6 is 0 Å². The number of carbonyl (C=O) groups is 2. The lowest BCUT2D eigenvalue weighted by Crippen LogP contribution is -2.53. The Balaban J connectivity index is 1.71. The summed E-state index contributed by atoms with van der Waals surface area (Å²) in [6.07, 6.45) is 9.74. The lowest BCUT2D eigenvalue weighted by Gasteiger charge is -2.43. The van der Waals surface area contributed by atoms with Gasteiger partial charge in [-0.1, -0.05) is 26.2 Å². The van der Waals surface area contributed by atoms with Crippen LogP contribution in [0.4, 0.5) is 11.5 Å². The third-order valence-electron chi connectivity index (χ3n) is 5.89. The van der Waals surface area contributed by atoms with E-state index in [1.807, 2.05) is 11.8 Å². The first kappa shape index (κ1) is 18.7. The summed E-state index contributed by atoms with van der Waals surface area (Å²) in [5.41, 5.74) is 7.00. The number of nitrogens with zero attached hydrogens (tertiary/aromatic N) is 2. The van der Waals surface area contributed by atoms with Gasteiger partial charge in [0.2, 0.25) is 0 Å². The van der Waals surface area contributed by atoms with Crippen LogP contribution in [0.3, 0.4) is 0 Å². The normalized spacial score (nSPS) is 24.3. The van der Waals surface area contributed by atoms with Crippen molar-refractivity contribution in [2.75, 3.05) is 17.6 Å². The Morgan fingerprint density at radius 1 is 1.19 bits per heavy atom. The molecular formula is C20H30N4O2. The summed E-state index contributed by atoms with van der Waals surface area (Å²) in [5.74, 6) is 0.407. The van der Waals surface area contributed by atoms with Crippen LogP contribution in [-0.4, -0.2) is 34.3 Å². The fraction of sp³-hybridized carbons (Fsp3) is 0.650. The van der Waals surface area contributed by atoms with E-state index in [9.17, 15) is 9.59 Å². The van der Waals surface area contributed by atoms with E-state index in [0.29, 0.717) is 29.9 Å². The number of anilines is 2. The van der Waals surface area contributed by atoms with Gasteiger partial charge in [0.1, 0.15) is 5.82 Å². The van der Waals surface area contributed by atoms with Gasteiger partial charge < -0.3 is 16.0 Å². The zero-order chi connectivity index (χ0) is 18.7. The number of nitrogen functional groups attached to an aromatic ring is 1. The molecule has 1 unspecified atom stereocenters. The minimum atomic E-state index is -0.578. The first-order valence-electron chi connectivity index (χ1n) is 9.79. The quantitative estimate of drug-likeness (QED) is 0.795. The second-order valence-corrected chi connectivity index (χ2v) is 7.99. The number of amides is 2. The highest BCUT2D eigenvalue weighted by Gasteiger charge is 2.37. The highest BCUT2D eigenvalue weighted by molar-refractivity contribution is 6.39. The average molecular weight is 358 g/mol. The summed E-state index contributed by atoms with van der Waals surface area (Å²) in [7, 11) is 0. The van der Waals surface area contributed by atoms with Crippen molar-refractivity contribution in [3.63, 3.8) is 0 Å². The molecule has 0 aromatic carbocycles. The molecule has 1 saturated carbocycles. The SMILES string of the molecule is Cc1cc(NC(=O)C(=O)N2C[C@H](C)CCC2C2CCCCC2)cnc1N. The minimum absolute atomic E-state index is 0.205. The van der Waals surface area contributed by atoms with Gasteiger partial charge in [-0.05, 0) is 56.1 Å². The molecule has 3 rings (SSSR count). The number of likely N-dealkylation sites (tertiary alicyclic amines) is 1. The number of hydrogen-bond donors (Lipinski definition) is 2. The fourth-order valence-corrected chi connectivity index (χ4v) is 4.38. The molecule has 1 aromatic rings. The van der Waals surface area contributed by atoms with Crippen molar-refractivity contribution >= 4 is 23.3 Å². The van der Waals surface area contributed by atoms with Crippen molar-refractivity contribution < 1.29 is 9.59 Å². The first-order valence-corrected chi connectivity index (χ1v) is 9.79. The van der Waals surface area contributed by atoms with E-state index in [1.165, 1.54) is 38.3 Å². The number of rotatable bonds is 2. The van der Waals surface area contributed by atoms with Crippen LogP contribution in [0, 0.1) is 18.8 Å². The summed E-state index contributed by atoms with van der Waals surface area (Å²) in [6, 6.07) is 1.95. The first-order chi connectivity index (χ1) is 12.5. The number of piperidine rings is 1. The molecule has 0 radical (unpaired) electrons. The summed E-state index contributed by atoms with van der Waals surface area (Å²) >= 11 is 0. The molecule has 6 heteroatoms. The predicted molar refractivity (Wildman–Crippen MR) is 102 cm³/mol. The van der Waals surface area contributed by atoms with Crippen LogP contribution in [-0.2, 0) is 9.59 Å². The van der Waals surface area contributed by atoms with E-state index in [4.69, 9.17) is 5.73 Å². The van der Waals surface area contributed by atoms with Gasteiger partial charge in [0.25, 0.3) is 0 Å². The molecule has 142 valence electrons. The Morgan fingerprint density at radius 3 is 2.62 bits per heavy atom. The molecule has 2 heterocycles. The second kappa shape index (κ2) is 8.06. The van der Waals surface area contributed by atoms with Gasteiger partial charge in [-0.3, -0.25) is 9.59 Å². The number of aryl methyl sites for hydroxylation is 1. The number of hydrogen-bond acceptors (Lipinski definition) is 4. The molecule has 2 atom stereocenters. The highest BCUT2D eigenvalue weighted by atomic mass is 16.2. The van der Waals surface area contributed by atoms with E-state index >= 15 is 0 Å². The number of pyridine rings is 1. The van der Waals surface area contributed by atoms with Gasteiger partial charge in [0, 0.05) is 12.6 Å². The van der Waals surface area contributed by atoms with Crippen molar-refractivity contribution in [1.82, 2.24) is 9.88 Å². The number of carbonyl (C=O) groups excluding carboxylic acids is 2. The van der Waals surface area contributed by atoms with Crippen LogP contribution in [0.1, 0.15) is 57.4 Å². The third kappa shape index (κ3) is 4.17. The Bertz CT molecular complexity index is 670. The third-order valence-corrected chi connectivity index (χ3v) is 5.89. The maximum absolute atomic E-state index is 12.9. The highest BCUT2D eigenvalue weighted by Crippen LogP contribution is 2.35. The van der Waals surface area contributed by atoms with Crippen molar-refractivity contribution in [3.05, 3.63) is 17.8 Å². The molecule has 3 N–H and O–H groups in total. The predicted octanol–water partition coefficient (Wildman–Crippen LogP) is 3.12. The molecule has 2 amide bonds. The molecule has 26 heavy (non-hydrogen) atoms. The summed E-state index contributed by atoms with van der Waals surface area (Å²) in [4.78, 5) is 31.4. The lowest BCUT2D eigenvalue weighted by molar-refractivity contribution is -0.147. The molecule has 2 fully saturated rings. The smallest absolute Gasteiger partial charge is 0.313 e. The average Bonchev–Trinajstić information content (AvgIpc) is 2.64. The Kier molecular flexibility index (Phi) is 5.79. The van der Waals surface area contributed by atoms with Crippen molar-refractivity contribution in [3.8, 4) is 0 Å². The van der Waals surface area contributed by atoms with Crippen LogP contribution in [0.5, 0.6) is 0 Å². The maximum Gasteiger partial charge on any atom is 0.313 e. The molecule has 0 bridgehead atoms. The van der Waals surface area contributed by atoms with Gasteiger partial charge in [-0.2, -0.15) is 0 Å². The van der Waals surface area contributed by atoms with Gasteiger partial charge in [0.15, 0.2) is 0 Å². The second-order valence-electron chi connectivity index (χ2n) is 7.99. The zero-order valence-electron chi connectivity index (χ0n) is 15.8. The largest absolute Gasteiger partial charge is 0.383 e. The number of nitrogens with one attached hydrogen (secondary N) is 1. The molecule has 1 saturated heterocycles. The van der Waals surface area contributed by atoms with Crippen molar-refractivity contribution in [1.29, 1.82) is 0 Å². The Morgan fingerprint density at radius 2 is 1.92 bits per heavy atom. The van der Waals surface area contributed by atoms with Gasteiger partial charge in [0.05, 0.1) is 11.9 Å². The number of aromatic nitrogens is 1. The van der Waals surface area contributed by atoms with Gasteiger partial charge in [-0.15, -0.1) is 0 Å². The van der Waals surface area contributed by atoms with Crippen LogP contribution < -0.4 is 11.1 Å². The minimum Gasteiger partial charge on any atom is -0.383 e. The topological polar surface area (TPSA) is 88.3 Å². The Labute approximate surface area is 155 Å². The van der Waals surface area contributed by atoms with E-state index in [1.54, 1.807) is 6.07 Å². The lowest BCUT2D eigenvalue weighted by atomic mass is 9.78. The maximum atomic E-state index is 12.9. The monoisotopic (exact) mass is 358 g/mol. The van der Waals surface area contributed by atoms with Crippen LogP contribution in [0.15, 0.2) is 12.3 Å². The summed E-state index contributed by atoms with van der Waals surface area (Å²) < 4.78 is 0. The molecular weight excluding hydrogens is 328 g/mol. The van der Waals surface area contributed by atoms with E-state index in [-0.39, 0.29) is 6.04 Å². The van der Waals surface area contributed by atoms with E-state index in [2.05, 4.69) is 17.2 Å². The van der Waals surface area contributed by atoms with Gasteiger partial charge in [-0.25, -0.2) is 4.98 Å². The van der Waals surface area contributed by atoms with Crippen LogP contribution in [0.2, 0.25) is 0 Å². The van der Waals surface area contributed by atoms with Crippen LogP contribution in [0.25, 0.3) is 0 Å². The van der Waals surface area contributed by atoms with E-state index in [0.717, 1.165) is 18.4 Å². The molecule has 1 aliphatic heterocycles. The van der Waals surface area contributed by atoms with Crippen molar-refractivity contribution in [2.24, 2.45) is 11.8 Å². The molecule has 6 nitrogen and oxygen atoms in total. The molecule has 0 spiro atoms. The summed E-state index contributed by atoms with van der Waals surface area (Å²) in [5, 5.41) is 2.70. The molecule has 1 aliphatic carbocycles. The fourth-order valence-electron chi connectivity index (χ4n) is 4.38. The molecule has 2 aliphatic rings. The summed E-state index contributed by atoms with van der Waals surface area (Å²) in [6.45, 7) is 4.65. The van der Waals surface area contributed by atoms with E-state index < -0.39 is 11.8 Å². The standard InChI is InChI=1S/C20H30N4O2/c1-13-8-9-17(15-6-4-3-5-7-15)24(12-13)20(26)19(25)23-16-10-14(2)18(21)22-11-16/h10-11,13,15,17H,3-9,12H2,1-2H3,(H2,21,22)(H,23,25)/t13-,17?/m1/s1. The number of nitrogens with two attached hydrogens (primary N) is 1. The molecule has 1 aromatic heterocycles.